The smallest absolute Gasteiger partial charge is 0.0713 e. The van der Waals surface area contributed by atoms with Crippen molar-refractivity contribution < 1.29 is 0 Å². The van der Waals surface area contributed by atoms with Gasteiger partial charge in [-0.1, -0.05) is 202 Å². The Hall–Kier alpha value is -7.22. The fraction of sp³-hybridized carbons (Fsp3) is 0.0690. The van der Waals surface area contributed by atoms with Crippen LogP contribution >= 0.6 is 0 Å². The molecule has 2 aliphatic rings. The van der Waals surface area contributed by atoms with E-state index in [2.05, 4.69) is 243 Å². The largest absolute Gasteiger partial charge is 0.310 e. The molecule has 0 aromatic heterocycles. The van der Waals surface area contributed by atoms with Gasteiger partial charge in [-0.15, -0.1) is 0 Å². The lowest BCUT2D eigenvalue weighted by atomic mass is 9.67. The summed E-state index contributed by atoms with van der Waals surface area (Å²) in [6.45, 7) is 4.71. The Morgan fingerprint density at radius 2 is 0.763 bits per heavy atom. The van der Waals surface area contributed by atoms with Crippen LogP contribution in [0.15, 0.2) is 224 Å². The molecule has 0 heterocycles. The van der Waals surface area contributed by atoms with Crippen molar-refractivity contribution in [2.45, 2.75) is 24.7 Å². The molecular weight excluding hydrogens is 711 g/mol. The van der Waals surface area contributed by atoms with Crippen molar-refractivity contribution in [1.82, 2.24) is 0 Å². The van der Waals surface area contributed by atoms with Crippen LogP contribution in [0.5, 0.6) is 0 Å². The van der Waals surface area contributed by atoms with Crippen LogP contribution in [0.25, 0.3) is 44.5 Å². The second-order valence-electron chi connectivity index (χ2n) is 16.5. The average Bonchev–Trinajstić information content (AvgIpc) is 3.72. The lowest BCUT2D eigenvalue weighted by molar-refractivity contribution is 0.660. The van der Waals surface area contributed by atoms with Crippen LogP contribution in [0.4, 0.5) is 17.1 Å². The molecule has 280 valence electrons. The van der Waals surface area contributed by atoms with Crippen LogP contribution in [-0.2, 0) is 10.8 Å². The summed E-state index contributed by atoms with van der Waals surface area (Å²) < 4.78 is 0. The molecule has 0 bridgehead atoms. The maximum atomic E-state index is 2.51. The normalized spacial score (nSPS) is 13.9. The van der Waals surface area contributed by atoms with Crippen LogP contribution < -0.4 is 4.90 Å². The summed E-state index contributed by atoms with van der Waals surface area (Å²) in [5.41, 5.74) is 20.5. The predicted molar refractivity (Wildman–Crippen MR) is 247 cm³/mol. The van der Waals surface area contributed by atoms with Crippen molar-refractivity contribution in [3.63, 3.8) is 0 Å². The summed E-state index contributed by atoms with van der Waals surface area (Å²) >= 11 is 0. The molecule has 2 aliphatic carbocycles. The van der Waals surface area contributed by atoms with E-state index in [1.165, 1.54) is 77.9 Å². The lowest BCUT2D eigenvalue weighted by Gasteiger charge is -2.35. The van der Waals surface area contributed by atoms with Gasteiger partial charge in [-0.25, -0.2) is 0 Å². The molecule has 0 spiro atoms. The standard InChI is InChI=1S/C58H43N/c1-57(2)52-29-17-15-27-47(52)50-37-46(35-36-53(50)57)59(45-33-31-41(32-34-45)40-19-7-3-8-20-40)56-39-51-48-28-16-18-30-54(48)58(43-23-11-5-12-24-43,44-25-13-6-14-26-44)55(51)38-49(56)42-21-9-4-10-22-42/h3-39H,1-2H3. The third-order valence-corrected chi connectivity index (χ3v) is 13.0. The summed E-state index contributed by atoms with van der Waals surface area (Å²) in [6, 6.07) is 83.1. The molecule has 9 aromatic rings. The molecule has 0 unspecified atom stereocenters. The van der Waals surface area contributed by atoms with Gasteiger partial charge in [0, 0.05) is 22.4 Å². The molecule has 0 amide bonds. The Labute approximate surface area is 347 Å². The first kappa shape index (κ1) is 35.0. The molecule has 0 radical (unpaired) electrons. The maximum absolute atomic E-state index is 2.51. The fourth-order valence-corrected chi connectivity index (χ4v) is 10.2. The third kappa shape index (κ3) is 5.39. The van der Waals surface area contributed by atoms with E-state index < -0.39 is 5.41 Å². The van der Waals surface area contributed by atoms with Crippen molar-refractivity contribution in [2.24, 2.45) is 0 Å². The van der Waals surface area contributed by atoms with Gasteiger partial charge in [0.15, 0.2) is 0 Å². The molecule has 59 heavy (non-hydrogen) atoms. The fourth-order valence-electron chi connectivity index (χ4n) is 10.2. The zero-order valence-corrected chi connectivity index (χ0v) is 33.3. The highest BCUT2D eigenvalue weighted by atomic mass is 15.1. The number of fused-ring (bicyclic) bond motifs is 6. The SMILES string of the molecule is CC1(C)c2ccccc2-c2cc(N(c3ccc(-c4ccccc4)cc3)c3cc4c(cc3-c3ccccc3)C(c3ccccc3)(c3ccccc3)c3ccccc3-4)ccc21. The van der Waals surface area contributed by atoms with Crippen molar-refractivity contribution in [3.8, 4) is 44.5 Å². The van der Waals surface area contributed by atoms with Gasteiger partial charge in [-0.05, 0) is 109 Å². The molecule has 11 rings (SSSR count). The minimum Gasteiger partial charge on any atom is -0.310 e. The zero-order chi connectivity index (χ0) is 39.6. The topological polar surface area (TPSA) is 3.24 Å². The van der Waals surface area contributed by atoms with Crippen molar-refractivity contribution in [1.29, 1.82) is 0 Å². The molecule has 0 atom stereocenters. The molecule has 0 N–H and O–H groups in total. The minimum absolute atomic E-state index is 0.0860. The molecule has 9 aromatic carbocycles. The Bertz CT molecular complexity index is 2940. The van der Waals surface area contributed by atoms with Crippen LogP contribution in [0, 0.1) is 0 Å². The summed E-state index contributed by atoms with van der Waals surface area (Å²) in [5, 5.41) is 0. The third-order valence-electron chi connectivity index (χ3n) is 13.0. The Balaban J connectivity index is 1.22. The number of hydrogen-bond acceptors (Lipinski definition) is 1. The summed E-state index contributed by atoms with van der Waals surface area (Å²) in [5.74, 6) is 0. The Morgan fingerprint density at radius 3 is 1.39 bits per heavy atom. The molecule has 0 saturated heterocycles. The van der Waals surface area contributed by atoms with Crippen LogP contribution in [0.2, 0.25) is 0 Å². The zero-order valence-electron chi connectivity index (χ0n) is 33.3. The summed E-state index contributed by atoms with van der Waals surface area (Å²) in [6.07, 6.45) is 0. The van der Waals surface area contributed by atoms with Gasteiger partial charge in [0.1, 0.15) is 0 Å². The second kappa shape index (κ2) is 13.7. The minimum atomic E-state index is -0.512. The van der Waals surface area contributed by atoms with Gasteiger partial charge in [0.2, 0.25) is 0 Å². The highest BCUT2D eigenvalue weighted by Gasteiger charge is 2.47. The van der Waals surface area contributed by atoms with Crippen molar-refractivity contribution in [3.05, 3.63) is 258 Å². The van der Waals surface area contributed by atoms with Crippen LogP contribution in [-0.4, -0.2) is 0 Å². The highest BCUT2D eigenvalue weighted by molar-refractivity contribution is 5.97. The lowest BCUT2D eigenvalue weighted by Crippen LogP contribution is -2.28. The van der Waals surface area contributed by atoms with Gasteiger partial charge in [-0.3, -0.25) is 0 Å². The monoisotopic (exact) mass is 753 g/mol. The molecule has 0 saturated carbocycles. The number of anilines is 3. The van der Waals surface area contributed by atoms with E-state index in [1.807, 2.05) is 0 Å². The average molecular weight is 754 g/mol. The van der Waals surface area contributed by atoms with Gasteiger partial charge >= 0.3 is 0 Å². The number of rotatable bonds is 7. The summed E-state index contributed by atoms with van der Waals surface area (Å²) in [7, 11) is 0. The van der Waals surface area contributed by atoms with E-state index in [-0.39, 0.29) is 5.41 Å². The Kier molecular flexibility index (Phi) is 8.13. The van der Waals surface area contributed by atoms with Gasteiger partial charge in [0.25, 0.3) is 0 Å². The van der Waals surface area contributed by atoms with E-state index in [1.54, 1.807) is 0 Å². The second-order valence-corrected chi connectivity index (χ2v) is 16.5. The van der Waals surface area contributed by atoms with E-state index in [9.17, 15) is 0 Å². The first-order valence-corrected chi connectivity index (χ1v) is 20.7. The van der Waals surface area contributed by atoms with E-state index in [0.717, 1.165) is 17.1 Å². The molecular formula is C58H43N. The number of nitrogens with zero attached hydrogens (tertiary/aromatic N) is 1. The molecule has 1 nitrogen and oxygen atoms in total. The van der Waals surface area contributed by atoms with Gasteiger partial charge in [-0.2, -0.15) is 0 Å². The van der Waals surface area contributed by atoms with E-state index >= 15 is 0 Å². The van der Waals surface area contributed by atoms with Crippen molar-refractivity contribution >= 4 is 17.1 Å². The van der Waals surface area contributed by atoms with E-state index in [4.69, 9.17) is 0 Å². The Morgan fingerprint density at radius 1 is 0.305 bits per heavy atom. The van der Waals surface area contributed by atoms with Gasteiger partial charge in [0.05, 0.1) is 11.1 Å². The van der Waals surface area contributed by atoms with Crippen molar-refractivity contribution in [2.75, 3.05) is 4.90 Å². The van der Waals surface area contributed by atoms with E-state index in [0.29, 0.717) is 0 Å². The highest BCUT2D eigenvalue weighted by Crippen LogP contribution is 2.59. The quantitative estimate of drug-likeness (QED) is 0.157. The number of hydrogen-bond donors (Lipinski definition) is 0. The van der Waals surface area contributed by atoms with Crippen LogP contribution in [0.1, 0.15) is 47.2 Å². The predicted octanol–water partition coefficient (Wildman–Crippen LogP) is 15.2. The first-order valence-electron chi connectivity index (χ1n) is 20.7. The number of benzene rings is 9. The molecule has 0 fully saturated rings. The first-order chi connectivity index (χ1) is 29.0. The molecule has 1 heteroatoms. The van der Waals surface area contributed by atoms with Gasteiger partial charge < -0.3 is 4.90 Å². The van der Waals surface area contributed by atoms with Crippen LogP contribution in [0.3, 0.4) is 0 Å². The molecule has 0 aliphatic heterocycles. The maximum Gasteiger partial charge on any atom is 0.0713 e. The summed E-state index contributed by atoms with van der Waals surface area (Å²) in [4.78, 5) is 2.50.